The summed E-state index contributed by atoms with van der Waals surface area (Å²) in [7, 11) is 1.33. The van der Waals surface area contributed by atoms with E-state index in [1.165, 1.54) is 7.05 Å². The molecule has 0 atom stereocenters. The molecule has 64 valence electrons. The van der Waals surface area contributed by atoms with Crippen molar-refractivity contribution in [3.8, 4) is 0 Å². The minimum absolute atomic E-state index is 0.551. The molecule has 0 fully saturated rings. The van der Waals surface area contributed by atoms with E-state index in [1.807, 2.05) is 0 Å². The van der Waals surface area contributed by atoms with E-state index < -0.39 is 17.5 Å². The molecule has 1 aromatic heterocycles. The van der Waals surface area contributed by atoms with Crippen molar-refractivity contribution in [2.75, 3.05) is 7.05 Å². The van der Waals surface area contributed by atoms with Crippen molar-refractivity contribution < 1.29 is 9.18 Å². The number of amides is 1. The highest BCUT2D eigenvalue weighted by molar-refractivity contribution is 5.75. The zero-order valence-corrected chi connectivity index (χ0v) is 6.24. The number of halogens is 1. The molecule has 0 saturated heterocycles. The van der Waals surface area contributed by atoms with Gasteiger partial charge in [0.15, 0.2) is 5.82 Å². The van der Waals surface area contributed by atoms with Crippen molar-refractivity contribution >= 4 is 6.03 Å². The van der Waals surface area contributed by atoms with E-state index in [0.717, 1.165) is 12.4 Å². The maximum absolute atomic E-state index is 12.4. The minimum atomic E-state index is -0.809. The van der Waals surface area contributed by atoms with E-state index >= 15 is 0 Å². The van der Waals surface area contributed by atoms with E-state index in [2.05, 4.69) is 10.3 Å². The molecule has 5 nitrogen and oxygen atoms in total. The highest BCUT2D eigenvalue weighted by atomic mass is 19.1. The van der Waals surface area contributed by atoms with Gasteiger partial charge in [0.2, 0.25) is 0 Å². The lowest BCUT2D eigenvalue weighted by Gasteiger charge is -2.00. The summed E-state index contributed by atoms with van der Waals surface area (Å²) < 4.78 is 13.0. The minimum Gasteiger partial charge on any atom is -0.340 e. The molecular weight excluding hydrogens is 165 g/mol. The van der Waals surface area contributed by atoms with Crippen LogP contribution in [0.25, 0.3) is 0 Å². The first-order valence-corrected chi connectivity index (χ1v) is 3.11. The first kappa shape index (κ1) is 8.38. The quantitative estimate of drug-likeness (QED) is 0.576. The summed E-state index contributed by atoms with van der Waals surface area (Å²) in [6.07, 6.45) is 1.52. The summed E-state index contributed by atoms with van der Waals surface area (Å²) in [5.41, 5.74) is -0.809. The normalized spacial score (nSPS) is 9.50. The summed E-state index contributed by atoms with van der Waals surface area (Å²) >= 11 is 0. The van der Waals surface area contributed by atoms with Gasteiger partial charge in [0.1, 0.15) is 0 Å². The molecule has 0 radical (unpaired) electrons. The van der Waals surface area contributed by atoms with Crippen LogP contribution < -0.4 is 11.0 Å². The zero-order valence-electron chi connectivity index (χ0n) is 6.24. The molecule has 1 rings (SSSR count). The molecule has 0 spiro atoms. The summed E-state index contributed by atoms with van der Waals surface area (Å²) in [5.74, 6) is -0.738. The van der Waals surface area contributed by atoms with Crippen LogP contribution in [-0.4, -0.2) is 22.6 Å². The standard InChI is InChI=1S/C6H6FN3O2/c1-8-5(11)10-3-4(7)2-9-6(10)12/h2-3H,1H3,(H,8,11). The van der Waals surface area contributed by atoms with Crippen LogP contribution in [0.3, 0.4) is 0 Å². The van der Waals surface area contributed by atoms with E-state index in [9.17, 15) is 14.0 Å². The molecule has 0 aliphatic carbocycles. The summed E-state index contributed by atoms with van der Waals surface area (Å²) in [6, 6.07) is -0.716. The van der Waals surface area contributed by atoms with Crippen LogP contribution in [0.2, 0.25) is 0 Å². The fourth-order valence-electron chi connectivity index (χ4n) is 0.657. The average molecular weight is 171 g/mol. The molecule has 0 saturated carbocycles. The topological polar surface area (TPSA) is 64.0 Å². The van der Waals surface area contributed by atoms with Crippen molar-refractivity contribution in [1.82, 2.24) is 14.9 Å². The van der Waals surface area contributed by atoms with Crippen LogP contribution in [0.4, 0.5) is 9.18 Å². The Labute approximate surface area is 66.8 Å². The van der Waals surface area contributed by atoms with E-state index in [1.54, 1.807) is 0 Å². The number of hydrogen-bond donors (Lipinski definition) is 1. The number of rotatable bonds is 0. The third-order valence-electron chi connectivity index (χ3n) is 1.19. The number of nitrogens with zero attached hydrogens (tertiary/aromatic N) is 2. The Balaban J connectivity index is 3.23. The molecule has 6 heteroatoms. The first-order chi connectivity index (χ1) is 5.65. The Kier molecular flexibility index (Phi) is 2.18. The van der Waals surface area contributed by atoms with Gasteiger partial charge in [-0.2, -0.15) is 4.98 Å². The summed E-state index contributed by atoms with van der Waals surface area (Å²) in [4.78, 5) is 24.7. The van der Waals surface area contributed by atoms with Gasteiger partial charge in [-0.1, -0.05) is 0 Å². The zero-order chi connectivity index (χ0) is 9.14. The predicted molar refractivity (Wildman–Crippen MR) is 38.3 cm³/mol. The van der Waals surface area contributed by atoms with Gasteiger partial charge in [-0.25, -0.2) is 18.5 Å². The van der Waals surface area contributed by atoms with E-state index in [0.29, 0.717) is 4.57 Å². The Morgan fingerprint density at radius 3 is 3.00 bits per heavy atom. The summed E-state index contributed by atoms with van der Waals surface area (Å²) in [6.45, 7) is 0. The Morgan fingerprint density at radius 1 is 1.75 bits per heavy atom. The molecule has 0 aromatic carbocycles. The Hall–Kier alpha value is -1.72. The number of hydrogen-bond acceptors (Lipinski definition) is 3. The molecule has 0 aliphatic rings. The van der Waals surface area contributed by atoms with Crippen molar-refractivity contribution in [2.45, 2.75) is 0 Å². The van der Waals surface area contributed by atoms with Crippen LogP contribution in [0.5, 0.6) is 0 Å². The van der Waals surface area contributed by atoms with Gasteiger partial charge < -0.3 is 5.32 Å². The van der Waals surface area contributed by atoms with Crippen LogP contribution in [0, 0.1) is 5.82 Å². The maximum atomic E-state index is 12.4. The average Bonchev–Trinajstić information content (AvgIpc) is 2.08. The van der Waals surface area contributed by atoms with Crippen LogP contribution in [0.15, 0.2) is 17.2 Å². The van der Waals surface area contributed by atoms with Crippen molar-refractivity contribution in [3.63, 3.8) is 0 Å². The number of nitrogens with one attached hydrogen (secondary N) is 1. The molecule has 1 aromatic rings. The molecule has 1 amide bonds. The second kappa shape index (κ2) is 3.12. The maximum Gasteiger partial charge on any atom is 0.355 e. The number of aromatic nitrogens is 2. The van der Waals surface area contributed by atoms with Gasteiger partial charge in [0.25, 0.3) is 0 Å². The molecule has 12 heavy (non-hydrogen) atoms. The van der Waals surface area contributed by atoms with Crippen molar-refractivity contribution in [2.24, 2.45) is 0 Å². The van der Waals surface area contributed by atoms with Gasteiger partial charge in [0.05, 0.1) is 12.4 Å². The monoisotopic (exact) mass is 171 g/mol. The second-order valence-corrected chi connectivity index (χ2v) is 1.98. The first-order valence-electron chi connectivity index (χ1n) is 3.11. The highest BCUT2D eigenvalue weighted by Crippen LogP contribution is 1.87. The SMILES string of the molecule is CNC(=O)n1cc(F)cnc1=O. The van der Waals surface area contributed by atoms with Crippen LogP contribution >= 0.6 is 0 Å². The number of carbonyl (C=O) groups is 1. The van der Waals surface area contributed by atoms with E-state index in [4.69, 9.17) is 0 Å². The summed E-state index contributed by atoms with van der Waals surface area (Å²) in [5, 5.41) is 2.17. The molecule has 1 N–H and O–H groups in total. The van der Waals surface area contributed by atoms with E-state index in [-0.39, 0.29) is 0 Å². The molecule has 0 unspecified atom stereocenters. The lowest BCUT2D eigenvalue weighted by molar-refractivity contribution is 0.243. The number of carbonyl (C=O) groups excluding carboxylic acids is 1. The Morgan fingerprint density at radius 2 is 2.42 bits per heavy atom. The third kappa shape index (κ3) is 1.47. The van der Waals surface area contributed by atoms with Gasteiger partial charge in [-0.3, -0.25) is 0 Å². The molecule has 0 aliphatic heterocycles. The second-order valence-electron chi connectivity index (χ2n) is 1.98. The highest BCUT2D eigenvalue weighted by Gasteiger charge is 2.05. The fourth-order valence-corrected chi connectivity index (χ4v) is 0.657. The molecule has 1 heterocycles. The van der Waals surface area contributed by atoms with Gasteiger partial charge in [0, 0.05) is 7.05 Å². The van der Waals surface area contributed by atoms with Gasteiger partial charge in [-0.05, 0) is 0 Å². The van der Waals surface area contributed by atoms with Crippen LogP contribution in [-0.2, 0) is 0 Å². The predicted octanol–water partition coefficient (Wildman–Crippen LogP) is -0.430. The largest absolute Gasteiger partial charge is 0.355 e. The lowest BCUT2D eigenvalue weighted by atomic mass is 10.6. The fraction of sp³-hybridized carbons (Fsp3) is 0.167. The van der Waals surface area contributed by atoms with Crippen LogP contribution in [0.1, 0.15) is 0 Å². The van der Waals surface area contributed by atoms with Crippen molar-refractivity contribution in [1.29, 1.82) is 0 Å². The van der Waals surface area contributed by atoms with Crippen molar-refractivity contribution in [3.05, 3.63) is 28.7 Å². The smallest absolute Gasteiger partial charge is 0.340 e. The van der Waals surface area contributed by atoms with Gasteiger partial charge >= 0.3 is 11.7 Å². The molecule has 0 bridgehead atoms. The Bertz CT molecular complexity index is 360. The third-order valence-corrected chi connectivity index (χ3v) is 1.19. The van der Waals surface area contributed by atoms with Gasteiger partial charge in [-0.15, -0.1) is 0 Å². The molecular formula is C6H6FN3O2. The lowest BCUT2D eigenvalue weighted by Crippen LogP contribution is -2.35.